The van der Waals surface area contributed by atoms with Crippen molar-refractivity contribution in [1.82, 2.24) is 19.4 Å². The van der Waals surface area contributed by atoms with E-state index in [4.69, 9.17) is 4.74 Å². The molecule has 1 saturated carbocycles. The fourth-order valence-corrected chi connectivity index (χ4v) is 7.01. The predicted molar refractivity (Wildman–Crippen MR) is 140 cm³/mol. The van der Waals surface area contributed by atoms with Gasteiger partial charge in [0.2, 0.25) is 5.95 Å². The lowest BCUT2D eigenvalue weighted by molar-refractivity contribution is -0.144. The first-order valence-corrected chi connectivity index (χ1v) is 13.5. The fourth-order valence-electron chi connectivity index (χ4n) is 7.01. The molecule has 3 aliphatic rings. The van der Waals surface area contributed by atoms with Gasteiger partial charge in [0.1, 0.15) is 17.2 Å². The summed E-state index contributed by atoms with van der Waals surface area (Å²) in [6.45, 7) is -1.88. The van der Waals surface area contributed by atoms with E-state index in [0.717, 1.165) is 12.8 Å². The second-order valence-corrected chi connectivity index (χ2v) is 11.0. The first kappa shape index (κ1) is 25.8. The summed E-state index contributed by atoms with van der Waals surface area (Å²) in [5, 5.41) is 20.4. The monoisotopic (exact) mass is 565 g/mol. The van der Waals surface area contributed by atoms with Crippen LogP contribution in [-0.2, 0) is 4.79 Å². The van der Waals surface area contributed by atoms with Crippen molar-refractivity contribution in [3.63, 3.8) is 0 Å². The number of aliphatic hydroxyl groups is 1. The standard InChI is InChI=1S/C29H26F3N5O4/c30-20-8-23-35-25-21(38)7-18(17-3-1-2-4-22(17)41-28(31)32)26(25)37(23)13-19(20)16-9-33-29(34-10-16)36-11-14-5-6-15(12-36)24(14)27(39)40/h1-4,8-10,13-15,18,21,24,28,38H,5-7,11-12H2,(H,39,40). The highest BCUT2D eigenvalue weighted by Crippen LogP contribution is 2.47. The summed E-state index contributed by atoms with van der Waals surface area (Å²) >= 11 is 0. The van der Waals surface area contributed by atoms with E-state index in [2.05, 4.69) is 15.0 Å². The molecule has 1 aliphatic heterocycles. The average molecular weight is 566 g/mol. The van der Waals surface area contributed by atoms with Gasteiger partial charge in [-0.1, -0.05) is 18.2 Å². The van der Waals surface area contributed by atoms with Crippen LogP contribution < -0.4 is 9.64 Å². The molecule has 212 valence electrons. The van der Waals surface area contributed by atoms with Crippen LogP contribution >= 0.6 is 0 Å². The minimum atomic E-state index is -3.01. The van der Waals surface area contributed by atoms with Crippen LogP contribution in [0.25, 0.3) is 16.8 Å². The summed E-state index contributed by atoms with van der Waals surface area (Å²) in [5.41, 5.74) is 2.34. The van der Waals surface area contributed by atoms with E-state index in [0.29, 0.717) is 41.6 Å². The molecule has 9 nitrogen and oxygen atoms in total. The van der Waals surface area contributed by atoms with Crippen LogP contribution in [0.1, 0.15) is 48.2 Å². The van der Waals surface area contributed by atoms with Crippen LogP contribution in [0.15, 0.2) is 48.9 Å². The minimum Gasteiger partial charge on any atom is -0.481 e. The maximum Gasteiger partial charge on any atom is 0.387 e. The molecule has 2 fully saturated rings. The number of anilines is 1. The highest BCUT2D eigenvalue weighted by molar-refractivity contribution is 5.72. The van der Waals surface area contributed by atoms with E-state index in [-0.39, 0.29) is 41.1 Å². The number of aliphatic carboxylic acids is 1. The van der Waals surface area contributed by atoms with Crippen molar-refractivity contribution in [3.8, 4) is 16.9 Å². The van der Waals surface area contributed by atoms with E-state index >= 15 is 4.39 Å². The fraction of sp³-hybridized carbons (Fsp3) is 0.379. The zero-order valence-electron chi connectivity index (χ0n) is 21.7. The molecule has 12 heteroatoms. The number of ether oxygens (including phenoxy) is 1. The highest BCUT2D eigenvalue weighted by atomic mass is 19.3. The number of benzene rings is 1. The van der Waals surface area contributed by atoms with Gasteiger partial charge in [-0.3, -0.25) is 4.79 Å². The number of carbonyl (C=O) groups is 1. The topological polar surface area (TPSA) is 113 Å². The lowest BCUT2D eigenvalue weighted by Crippen LogP contribution is -2.45. The van der Waals surface area contributed by atoms with Gasteiger partial charge >= 0.3 is 12.6 Å². The number of aliphatic hydroxyl groups excluding tert-OH is 1. The Kier molecular flexibility index (Phi) is 6.11. The van der Waals surface area contributed by atoms with Gasteiger partial charge in [-0.15, -0.1) is 0 Å². The molecule has 1 saturated heterocycles. The molecular formula is C29H26F3N5O4. The summed E-state index contributed by atoms with van der Waals surface area (Å²) in [4.78, 5) is 27.1. The van der Waals surface area contributed by atoms with Crippen LogP contribution in [0.2, 0.25) is 0 Å². The molecular weight excluding hydrogens is 539 g/mol. The Morgan fingerprint density at radius 1 is 1.10 bits per heavy atom. The quantitative estimate of drug-likeness (QED) is 0.348. The molecule has 0 spiro atoms. The molecule has 4 unspecified atom stereocenters. The zero-order valence-corrected chi connectivity index (χ0v) is 21.7. The van der Waals surface area contributed by atoms with Gasteiger partial charge in [0.25, 0.3) is 0 Å². The summed E-state index contributed by atoms with van der Waals surface area (Å²) in [6, 6.07) is 7.70. The largest absolute Gasteiger partial charge is 0.481 e. The third kappa shape index (κ3) is 4.28. The number of rotatable bonds is 6. The van der Waals surface area contributed by atoms with Crippen molar-refractivity contribution < 1.29 is 32.9 Å². The number of alkyl halides is 2. The van der Waals surface area contributed by atoms with Gasteiger partial charge in [-0.05, 0) is 37.2 Å². The van der Waals surface area contributed by atoms with Gasteiger partial charge in [-0.2, -0.15) is 8.78 Å². The smallest absolute Gasteiger partial charge is 0.387 e. The number of para-hydroxylation sites is 1. The first-order chi connectivity index (χ1) is 19.8. The Hall–Kier alpha value is -4.19. The number of imidazole rings is 1. The van der Waals surface area contributed by atoms with Gasteiger partial charge in [-0.25, -0.2) is 19.3 Å². The molecule has 0 amide bonds. The van der Waals surface area contributed by atoms with E-state index < -0.39 is 30.4 Å². The molecule has 4 atom stereocenters. The molecule has 4 heterocycles. The van der Waals surface area contributed by atoms with Crippen molar-refractivity contribution >= 4 is 17.6 Å². The highest BCUT2D eigenvalue weighted by Gasteiger charge is 2.46. The maximum absolute atomic E-state index is 15.3. The van der Waals surface area contributed by atoms with Crippen LogP contribution in [0, 0.1) is 23.6 Å². The van der Waals surface area contributed by atoms with Crippen LogP contribution in [0.5, 0.6) is 5.75 Å². The van der Waals surface area contributed by atoms with E-state index in [1.807, 2.05) is 4.90 Å². The molecule has 0 radical (unpaired) electrons. The van der Waals surface area contributed by atoms with Crippen molar-refractivity contribution in [2.75, 3.05) is 18.0 Å². The zero-order chi connectivity index (χ0) is 28.4. The normalized spacial score (nSPS) is 25.2. The Balaban J connectivity index is 1.22. The first-order valence-electron chi connectivity index (χ1n) is 13.5. The SMILES string of the molecule is O=C(O)C1C2CCC1CN(c1ncc(-c3cn4c5c(nc4cc3F)C(O)CC5c3ccccc3OC(F)F)cn1)C2. The number of fused-ring (bicyclic) bond motifs is 5. The van der Waals surface area contributed by atoms with Crippen molar-refractivity contribution in [3.05, 3.63) is 71.7 Å². The van der Waals surface area contributed by atoms with Crippen LogP contribution in [0.3, 0.4) is 0 Å². The maximum atomic E-state index is 15.3. The molecule has 3 aromatic heterocycles. The lowest BCUT2D eigenvalue weighted by Gasteiger charge is -2.35. The summed E-state index contributed by atoms with van der Waals surface area (Å²) in [6.07, 6.45) is 5.63. The number of pyridine rings is 1. The van der Waals surface area contributed by atoms with Gasteiger partial charge in [0, 0.05) is 60.4 Å². The molecule has 2 aliphatic carbocycles. The Morgan fingerprint density at radius 2 is 1.80 bits per heavy atom. The number of nitrogens with zero attached hydrogens (tertiary/aromatic N) is 5. The van der Waals surface area contributed by atoms with Crippen LogP contribution in [-0.4, -0.2) is 55.2 Å². The summed E-state index contributed by atoms with van der Waals surface area (Å²) in [7, 11) is 0. The number of carboxylic acid groups (broad SMARTS) is 1. The Labute approximate surface area is 232 Å². The van der Waals surface area contributed by atoms with Crippen LogP contribution in [0.4, 0.5) is 19.1 Å². The third-order valence-electron chi connectivity index (χ3n) is 8.74. The van der Waals surface area contributed by atoms with E-state index in [1.54, 1.807) is 28.8 Å². The van der Waals surface area contributed by atoms with E-state index in [9.17, 15) is 23.8 Å². The van der Waals surface area contributed by atoms with E-state index in [1.165, 1.54) is 24.5 Å². The second-order valence-electron chi connectivity index (χ2n) is 11.0. The Bertz CT molecular complexity index is 1630. The second kappa shape index (κ2) is 9.72. The molecule has 2 N–H and O–H groups in total. The van der Waals surface area contributed by atoms with Gasteiger partial charge < -0.3 is 24.3 Å². The average Bonchev–Trinajstić information content (AvgIpc) is 3.56. The predicted octanol–water partition coefficient (Wildman–Crippen LogP) is 4.65. The van der Waals surface area contributed by atoms with Gasteiger partial charge in [0.15, 0.2) is 0 Å². The lowest BCUT2D eigenvalue weighted by atomic mass is 9.85. The summed E-state index contributed by atoms with van der Waals surface area (Å²) < 4.78 is 48.0. The number of hydrogen-bond donors (Lipinski definition) is 2. The number of piperidine rings is 1. The number of halogens is 3. The number of hydrogen-bond acceptors (Lipinski definition) is 7. The summed E-state index contributed by atoms with van der Waals surface area (Å²) in [5.74, 6) is -1.55. The van der Waals surface area contributed by atoms with Crippen molar-refractivity contribution in [2.45, 2.75) is 37.9 Å². The van der Waals surface area contributed by atoms with Gasteiger partial charge in [0.05, 0.1) is 23.4 Å². The van der Waals surface area contributed by atoms with Crippen molar-refractivity contribution in [1.29, 1.82) is 0 Å². The number of aromatic nitrogens is 4. The third-order valence-corrected chi connectivity index (χ3v) is 8.74. The van der Waals surface area contributed by atoms with Crippen molar-refractivity contribution in [2.24, 2.45) is 17.8 Å². The Morgan fingerprint density at radius 3 is 2.49 bits per heavy atom. The molecule has 2 bridgehead atoms. The molecule has 7 rings (SSSR count). The molecule has 41 heavy (non-hydrogen) atoms. The molecule has 1 aromatic carbocycles. The minimum absolute atomic E-state index is 0.00893. The number of carboxylic acids is 1. The molecule has 4 aromatic rings.